The summed E-state index contributed by atoms with van der Waals surface area (Å²) in [5, 5.41) is 6.60. The highest BCUT2D eigenvalue weighted by atomic mass is 16.5. The van der Waals surface area contributed by atoms with Crippen LogP contribution in [0.5, 0.6) is 11.5 Å². The molecule has 28 heavy (non-hydrogen) atoms. The normalized spacial score (nSPS) is 11.2. The van der Waals surface area contributed by atoms with Gasteiger partial charge in [-0.2, -0.15) is 0 Å². The molecule has 0 aliphatic rings. The molecule has 0 aliphatic carbocycles. The summed E-state index contributed by atoms with van der Waals surface area (Å²) in [6.45, 7) is 2.88. The van der Waals surface area contributed by atoms with Crippen LogP contribution in [0.3, 0.4) is 0 Å². The van der Waals surface area contributed by atoms with Crippen molar-refractivity contribution < 1.29 is 14.2 Å². The second-order valence-electron chi connectivity index (χ2n) is 6.23. The second-order valence-corrected chi connectivity index (χ2v) is 6.23. The Bertz CT molecular complexity index is 720. The summed E-state index contributed by atoms with van der Waals surface area (Å²) in [6, 6.07) is 16.2. The fraction of sp³-hybridized carbons (Fsp3) is 0.409. The molecule has 0 fully saturated rings. The van der Waals surface area contributed by atoms with E-state index in [-0.39, 0.29) is 0 Å². The van der Waals surface area contributed by atoms with Gasteiger partial charge in [0.2, 0.25) is 0 Å². The number of nitrogens with zero attached hydrogens (tertiary/aromatic N) is 1. The van der Waals surface area contributed by atoms with Gasteiger partial charge in [0, 0.05) is 38.4 Å². The van der Waals surface area contributed by atoms with E-state index in [1.54, 1.807) is 21.3 Å². The monoisotopic (exact) mass is 385 g/mol. The van der Waals surface area contributed by atoms with Crippen molar-refractivity contribution in [2.45, 2.75) is 19.4 Å². The first-order valence-corrected chi connectivity index (χ1v) is 9.54. The number of rotatable bonds is 11. The number of hydrogen-bond acceptors (Lipinski definition) is 4. The van der Waals surface area contributed by atoms with E-state index in [4.69, 9.17) is 14.2 Å². The first kappa shape index (κ1) is 21.6. The standard InChI is InChI=1S/C22H31N3O3/c1-23-22(25-17-19-10-11-20(26-2)16-21(19)27-3)24-13-7-14-28-15-12-18-8-5-4-6-9-18/h4-6,8-11,16H,7,12-15,17H2,1-3H3,(H2,23,24,25). The number of hydrogen-bond donors (Lipinski definition) is 2. The van der Waals surface area contributed by atoms with Gasteiger partial charge in [0.25, 0.3) is 0 Å². The largest absolute Gasteiger partial charge is 0.497 e. The SMILES string of the molecule is CN=C(NCCCOCCc1ccccc1)NCc1ccc(OC)cc1OC. The summed E-state index contributed by atoms with van der Waals surface area (Å²) < 4.78 is 16.4. The molecular formula is C22H31N3O3. The zero-order valence-electron chi connectivity index (χ0n) is 17.0. The van der Waals surface area contributed by atoms with Crippen LogP contribution in [0.1, 0.15) is 17.5 Å². The highest BCUT2D eigenvalue weighted by Gasteiger charge is 2.06. The Labute approximate surface area is 167 Å². The molecule has 0 radical (unpaired) electrons. The predicted molar refractivity (Wildman–Crippen MR) is 113 cm³/mol. The summed E-state index contributed by atoms with van der Waals surface area (Å²) in [6.07, 6.45) is 1.86. The second kappa shape index (κ2) is 12.6. The van der Waals surface area contributed by atoms with Gasteiger partial charge < -0.3 is 24.8 Å². The average molecular weight is 386 g/mol. The van der Waals surface area contributed by atoms with E-state index in [9.17, 15) is 0 Å². The third kappa shape index (κ3) is 7.48. The predicted octanol–water partition coefficient (Wildman–Crippen LogP) is 3.02. The fourth-order valence-corrected chi connectivity index (χ4v) is 2.72. The van der Waals surface area contributed by atoms with Crippen molar-refractivity contribution in [2.75, 3.05) is 41.0 Å². The molecular weight excluding hydrogens is 354 g/mol. The highest BCUT2D eigenvalue weighted by Crippen LogP contribution is 2.24. The molecule has 0 saturated carbocycles. The molecule has 0 unspecified atom stereocenters. The number of benzene rings is 2. The quantitative estimate of drug-likeness (QED) is 0.354. The van der Waals surface area contributed by atoms with Crippen molar-refractivity contribution >= 4 is 5.96 Å². The number of methoxy groups -OCH3 is 2. The van der Waals surface area contributed by atoms with Crippen LogP contribution >= 0.6 is 0 Å². The highest BCUT2D eigenvalue weighted by molar-refractivity contribution is 5.79. The molecule has 6 nitrogen and oxygen atoms in total. The first-order valence-electron chi connectivity index (χ1n) is 9.54. The van der Waals surface area contributed by atoms with Gasteiger partial charge in [0.15, 0.2) is 5.96 Å². The van der Waals surface area contributed by atoms with E-state index in [1.165, 1.54) is 5.56 Å². The van der Waals surface area contributed by atoms with Crippen molar-refractivity contribution in [1.29, 1.82) is 0 Å². The van der Waals surface area contributed by atoms with Crippen molar-refractivity contribution in [2.24, 2.45) is 4.99 Å². The molecule has 2 N–H and O–H groups in total. The van der Waals surface area contributed by atoms with E-state index < -0.39 is 0 Å². The zero-order valence-corrected chi connectivity index (χ0v) is 17.0. The summed E-state index contributed by atoms with van der Waals surface area (Å²) in [5.41, 5.74) is 2.34. The number of ether oxygens (including phenoxy) is 3. The molecule has 0 amide bonds. The zero-order chi connectivity index (χ0) is 20.0. The molecule has 2 rings (SSSR count). The fourth-order valence-electron chi connectivity index (χ4n) is 2.72. The third-order valence-electron chi connectivity index (χ3n) is 4.30. The van der Waals surface area contributed by atoms with Gasteiger partial charge in [0.05, 0.1) is 20.8 Å². The molecule has 0 bridgehead atoms. The number of aliphatic imine (C=N–C) groups is 1. The number of guanidine groups is 1. The van der Waals surface area contributed by atoms with Gasteiger partial charge in [-0.25, -0.2) is 0 Å². The Hall–Kier alpha value is -2.73. The van der Waals surface area contributed by atoms with Gasteiger partial charge >= 0.3 is 0 Å². The molecule has 6 heteroatoms. The van der Waals surface area contributed by atoms with Gasteiger partial charge in [-0.05, 0) is 30.5 Å². The van der Waals surface area contributed by atoms with Gasteiger partial charge in [0.1, 0.15) is 11.5 Å². The topological polar surface area (TPSA) is 64.1 Å². The summed E-state index contributed by atoms with van der Waals surface area (Å²) in [7, 11) is 5.06. The Morgan fingerprint density at radius 2 is 1.79 bits per heavy atom. The Balaban J connectivity index is 1.62. The number of nitrogens with one attached hydrogen (secondary N) is 2. The smallest absolute Gasteiger partial charge is 0.191 e. The average Bonchev–Trinajstić information content (AvgIpc) is 2.75. The summed E-state index contributed by atoms with van der Waals surface area (Å²) in [5.74, 6) is 2.31. The van der Waals surface area contributed by atoms with Crippen molar-refractivity contribution in [3.63, 3.8) is 0 Å². The van der Waals surface area contributed by atoms with Crippen molar-refractivity contribution in [3.8, 4) is 11.5 Å². The van der Waals surface area contributed by atoms with Gasteiger partial charge in [-0.1, -0.05) is 30.3 Å². The lowest BCUT2D eigenvalue weighted by atomic mass is 10.2. The third-order valence-corrected chi connectivity index (χ3v) is 4.30. The molecule has 0 spiro atoms. The van der Waals surface area contributed by atoms with Crippen LogP contribution in [-0.4, -0.2) is 47.0 Å². The Morgan fingerprint density at radius 1 is 0.964 bits per heavy atom. The minimum absolute atomic E-state index is 0.612. The van der Waals surface area contributed by atoms with Crippen molar-refractivity contribution in [3.05, 3.63) is 59.7 Å². The lowest BCUT2D eigenvalue weighted by Crippen LogP contribution is -2.37. The molecule has 2 aromatic rings. The van der Waals surface area contributed by atoms with Crippen molar-refractivity contribution in [1.82, 2.24) is 10.6 Å². The van der Waals surface area contributed by atoms with Crippen LogP contribution in [0.15, 0.2) is 53.5 Å². The maximum absolute atomic E-state index is 5.71. The maximum atomic E-state index is 5.71. The van der Waals surface area contributed by atoms with Crippen LogP contribution in [0.25, 0.3) is 0 Å². The molecule has 0 aromatic heterocycles. The minimum Gasteiger partial charge on any atom is -0.497 e. The van der Waals surface area contributed by atoms with E-state index in [1.807, 2.05) is 24.3 Å². The van der Waals surface area contributed by atoms with Crippen LogP contribution in [-0.2, 0) is 17.7 Å². The molecule has 0 atom stereocenters. The molecule has 0 heterocycles. The molecule has 152 valence electrons. The lowest BCUT2D eigenvalue weighted by Gasteiger charge is -2.14. The first-order chi connectivity index (χ1) is 13.8. The van der Waals surface area contributed by atoms with Crippen LogP contribution in [0.2, 0.25) is 0 Å². The van der Waals surface area contributed by atoms with E-state index in [2.05, 4.69) is 39.9 Å². The van der Waals surface area contributed by atoms with E-state index >= 15 is 0 Å². The minimum atomic E-state index is 0.612. The van der Waals surface area contributed by atoms with Gasteiger partial charge in [-0.15, -0.1) is 0 Å². The lowest BCUT2D eigenvalue weighted by molar-refractivity contribution is 0.135. The van der Waals surface area contributed by atoms with E-state index in [0.29, 0.717) is 6.54 Å². The molecule has 0 aliphatic heterocycles. The van der Waals surface area contributed by atoms with Crippen LogP contribution in [0.4, 0.5) is 0 Å². The van der Waals surface area contributed by atoms with E-state index in [0.717, 1.165) is 55.6 Å². The van der Waals surface area contributed by atoms with Crippen LogP contribution in [0, 0.1) is 0 Å². The molecule has 2 aromatic carbocycles. The summed E-state index contributed by atoms with van der Waals surface area (Å²) in [4.78, 5) is 4.25. The maximum Gasteiger partial charge on any atom is 0.191 e. The summed E-state index contributed by atoms with van der Waals surface area (Å²) >= 11 is 0. The Kier molecular flexibility index (Phi) is 9.72. The molecule has 0 saturated heterocycles. The van der Waals surface area contributed by atoms with Gasteiger partial charge in [-0.3, -0.25) is 4.99 Å². The Morgan fingerprint density at radius 3 is 2.50 bits per heavy atom. The van der Waals surface area contributed by atoms with Crippen LogP contribution < -0.4 is 20.1 Å².